The molecule has 2 aromatic rings. The van der Waals surface area contributed by atoms with Crippen LogP contribution in [0.5, 0.6) is 11.5 Å². The lowest BCUT2D eigenvalue weighted by Crippen LogP contribution is -2.61. The van der Waals surface area contributed by atoms with Gasteiger partial charge in [0, 0.05) is 17.8 Å². The van der Waals surface area contributed by atoms with E-state index in [1.807, 2.05) is 6.92 Å². The van der Waals surface area contributed by atoms with E-state index in [9.17, 15) is 9.59 Å². The van der Waals surface area contributed by atoms with Gasteiger partial charge < -0.3 is 14.8 Å². The standard InChI is InChI=1S/C20H22ClN3O4/c1-4-5-11-24-17-16(7-6-10-22-17)28-20(2,19(24)26)18(25)23-14-12-13(21)8-9-15(14)27-3/h6-10,12H,4-5,11H2,1-3H3,(H,23,25). The maximum Gasteiger partial charge on any atom is 0.282 e. The summed E-state index contributed by atoms with van der Waals surface area (Å²) in [5.41, 5.74) is -1.40. The Bertz CT molecular complexity index is 905. The third-order valence-corrected chi connectivity index (χ3v) is 4.79. The van der Waals surface area contributed by atoms with Gasteiger partial charge in [0.1, 0.15) is 5.75 Å². The second kappa shape index (κ2) is 8.06. The van der Waals surface area contributed by atoms with Gasteiger partial charge in [0.05, 0.1) is 12.8 Å². The summed E-state index contributed by atoms with van der Waals surface area (Å²) < 4.78 is 11.1. The fourth-order valence-electron chi connectivity index (χ4n) is 2.97. The quantitative estimate of drug-likeness (QED) is 0.744. The van der Waals surface area contributed by atoms with E-state index in [1.165, 1.54) is 18.9 Å². The van der Waals surface area contributed by atoms with Gasteiger partial charge >= 0.3 is 0 Å². The number of nitrogens with one attached hydrogen (secondary N) is 1. The molecule has 1 unspecified atom stereocenters. The molecule has 0 fully saturated rings. The largest absolute Gasteiger partial charge is 0.495 e. The van der Waals surface area contributed by atoms with Crippen molar-refractivity contribution < 1.29 is 19.1 Å². The number of fused-ring (bicyclic) bond motifs is 1. The van der Waals surface area contributed by atoms with Gasteiger partial charge in [-0.2, -0.15) is 0 Å². The summed E-state index contributed by atoms with van der Waals surface area (Å²) in [5, 5.41) is 3.14. The van der Waals surface area contributed by atoms with Gasteiger partial charge in [-0.25, -0.2) is 4.98 Å². The number of methoxy groups -OCH3 is 1. The Morgan fingerprint density at radius 2 is 2.18 bits per heavy atom. The predicted molar refractivity (Wildman–Crippen MR) is 107 cm³/mol. The van der Waals surface area contributed by atoms with Crippen LogP contribution in [0.25, 0.3) is 0 Å². The zero-order valence-corrected chi connectivity index (χ0v) is 16.7. The lowest BCUT2D eigenvalue weighted by Gasteiger charge is -2.38. The number of carbonyl (C=O) groups is 2. The summed E-state index contributed by atoms with van der Waals surface area (Å²) >= 11 is 6.03. The maximum atomic E-state index is 13.2. The van der Waals surface area contributed by atoms with Gasteiger partial charge in [-0.1, -0.05) is 24.9 Å². The van der Waals surface area contributed by atoms with Crippen LogP contribution >= 0.6 is 11.6 Å². The van der Waals surface area contributed by atoms with Crippen molar-refractivity contribution in [2.24, 2.45) is 0 Å². The number of unbranched alkanes of at least 4 members (excludes halogenated alkanes) is 1. The number of anilines is 2. The topological polar surface area (TPSA) is 80.8 Å². The number of hydrogen-bond donors (Lipinski definition) is 1. The Hall–Kier alpha value is -2.80. The Kier molecular flexibility index (Phi) is 5.74. The molecule has 0 saturated carbocycles. The van der Waals surface area contributed by atoms with E-state index in [2.05, 4.69) is 10.3 Å². The Morgan fingerprint density at radius 1 is 1.39 bits per heavy atom. The fourth-order valence-corrected chi connectivity index (χ4v) is 3.14. The van der Waals surface area contributed by atoms with Crippen LogP contribution in [-0.4, -0.2) is 36.1 Å². The van der Waals surface area contributed by atoms with Crippen LogP contribution in [0.2, 0.25) is 5.02 Å². The van der Waals surface area contributed by atoms with Gasteiger partial charge in [0.15, 0.2) is 11.6 Å². The zero-order chi connectivity index (χ0) is 20.3. The summed E-state index contributed by atoms with van der Waals surface area (Å²) in [6.45, 7) is 3.93. The number of amides is 2. The van der Waals surface area contributed by atoms with Crippen LogP contribution in [0.15, 0.2) is 36.5 Å². The lowest BCUT2D eigenvalue weighted by molar-refractivity contribution is -0.145. The van der Waals surface area contributed by atoms with Gasteiger partial charge in [-0.05, 0) is 43.7 Å². The second-order valence-corrected chi connectivity index (χ2v) is 7.01. The molecule has 3 rings (SSSR count). The first kappa shape index (κ1) is 19.9. The third kappa shape index (κ3) is 3.62. The van der Waals surface area contributed by atoms with Crippen molar-refractivity contribution in [3.63, 3.8) is 0 Å². The molecular formula is C20H22ClN3O4. The highest BCUT2D eigenvalue weighted by Crippen LogP contribution is 2.37. The van der Waals surface area contributed by atoms with Crippen LogP contribution in [-0.2, 0) is 9.59 Å². The molecule has 0 radical (unpaired) electrons. The SMILES string of the molecule is CCCCN1C(=O)C(C)(C(=O)Nc2cc(Cl)ccc2OC)Oc2cccnc21. The van der Waals surface area contributed by atoms with Crippen LogP contribution in [0.4, 0.5) is 11.5 Å². The molecule has 2 heterocycles. The van der Waals surface area contributed by atoms with E-state index >= 15 is 0 Å². The first-order valence-corrected chi connectivity index (χ1v) is 9.39. The van der Waals surface area contributed by atoms with E-state index in [0.717, 1.165) is 12.8 Å². The van der Waals surface area contributed by atoms with E-state index in [4.69, 9.17) is 21.1 Å². The molecule has 0 spiro atoms. The molecule has 8 heteroatoms. The molecule has 2 amide bonds. The lowest BCUT2D eigenvalue weighted by atomic mass is 10.0. The van der Waals surface area contributed by atoms with Crippen molar-refractivity contribution in [1.82, 2.24) is 4.98 Å². The van der Waals surface area contributed by atoms with Crippen LogP contribution in [0, 0.1) is 0 Å². The molecule has 0 aliphatic carbocycles. The molecule has 0 saturated heterocycles. The number of rotatable bonds is 6. The molecule has 28 heavy (non-hydrogen) atoms. The normalized spacial score (nSPS) is 18.3. The van der Waals surface area contributed by atoms with E-state index in [0.29, 0.717) is 34.6 Å². The fraction of sp³-hybridized carbons (Fsp3) is 0.350. The van der Waals surface area contributed by atoms with Gasteiger partial charge in [0.25, 0.3) is 17.4 Å². The second-order valence-electron chi connectivity index (χ2n) is 6.57. The average Bonchev–Trinajstić information content (AvgIpc) is 2.68. The number of benzene rings is 1. The van der Waals surface area contributed by atoms with E-state index in [-0.39, 0.29) is 0 Å². The van der Waals surface area contributed by atoms with Gasteiger partial charge in [-0.15, -0.1) is 0 Å². The summed E-state index contributed by atoms with van der Waals surface area (Å²) in [7, 11) is 1.48. The van der Waals surface area contributed by atoms with Crippen LogP contribution < -0.4 is 19.7 Å². The number of pyridine rings is 1. The minimum Gasteiger partial charge on any atom is -0.495 e. The van der Waals surface area contributed by atoms with Crippen LogP contribution in [0.1, 0.15) is 26.7 Å². The molecule has 7 nitrogen and oxygen atoms in total. The number of hydrogen-bond acceptors (Lipinski definition) is 5. The Morgan fingerprint density at radius 3 is 2.89 bits per heavy atom. The van der Waals surface area contributed by atoms with Crippen molar-refractivity contribution >= 4 is 34.9 Å². The minimum atomic E-state index is -1.75. The van der Waals surface area contributed by atoms with Gasteiger partial charge in [0.2, 0.25) is 0 Å². The van der Waals surface area contributed by atoms with Crippen LogP contribution in [0.3, 0.4) is 0 Å². The molecule has 1 aromatic carbocycles. The number of halogens is 1. The highest BCUT2D eigenvalue weighted by Gasteiger charge is 2.51. The summed E-state index contributed by atoms with van der Waals surface area (Å²) in [6, 6.07) is 8.23. The van der Waals surface area contributed by atoms with Crippen molar-refractivity contribution in [3.05, 3.63) is 41.6 Å². The predicted octanol–water partition coefficient (Wildman–Crippen LogP) is 3.67. The monoisotopic (exact) mass is 403 g/mol. The smallest absolute Gasteiger partial charge is 0.282 e. The van der Waals surface area contributed by atoms with Crippen molar-refractivity contribution in [2.45, 2.75) is 32.3 Å². The number of nitrogens with zero attached hydrogens (tertiary/aromatic N) is 2. The van der Waals surface area contributed by atoms with Crippen molar-refractivity contribution in [1.29, 1.82) is 0 Å². The Labute approximate surface area is 168 Å². The minimum absolute atomic E-state index is 0.356. The molecule has 148 valence electrons. The first-order chi connectivity index (χ1) is 13.4. The van der Waals surface area contributed by atoms with E-state index < -0.39 is 17.4 Å². The number of carbonyl (C=O) groups excluding carboxylic acids is 2. The highest BCUT2D eigenvalue weighted by atomic mass is 35.5. The molecule has 1 aliphatic heterocycles. The highest BCUT2D eigenvalue weighted by molar-refractivity contribution is 6.31. The zero-order valence-electron chi connectivity index (χ0n) is 16.0. The molecule has 1 N–H and O–H groups in total. The summed E-state index contributed by atoms with van der Waals surface area (Å²) in [6.07, 6.45) is 3.27. The molecule has 0 bridgehead atoms. The summed E-state index contributed by atoms with van der Waals surface area (Å²) in [5.74, 6) is 0.148. The molecular weight excluding hydrogens is 382 g/mol. The van der Waals surface area contributed by atoms with Crippen molar-refractivity contribution in [3.8, 4) is 11.5 Å². The molecule has 1 aliphatic rings. The van der Waals surface area contributed by atoms with E-state index in [1.54, 1.807) is 36.5 Å². The average molecular weight is 404 g/mol. The summed E-state index contributed by atoms with van der Waals surface area (Å²) in [4.78, 5) is 32.1. The Balaban J connectivity index is 1.95. The number of ether oxygens (including phenoxy) is 2. The van der Waals surface area contributed by atoms with Crippen molar-refractivity contribution in [2.75, 3.05) is 23.9 Å². The third-order valence-electron chi connectivity index (χ3n) is 4.55. The molecule has 1 aromatic heterocycles. The first-order valence-electron chi connectivity index (χ1n) is 9.01. The van der Waals surface area contributed by atoms with Gasteiger partial charge in [-0.3, -0.25) is 14.5 Å². The maximum absolute atomic E-state index is 13.2. The number of aromatic nitrogens is 1. The molecule has 1 atom stereocenters.